The summed E-state index contributed by atoms with van der Waals surface area (Å²) in [6, 6.07) is 3.34. The SMILES string of the molecule is O=C(O)n1c(-c2cnco2)cc2cnc(Br)cc21. The lowest BCUT2D eigenvalue weighted by Gasteiger charge is -2.02. The normalized spacial score (nSPS) is 10.9. The number of pyridine rings is 1. The van der Waals surface area contributed by atoms with E-state index in [1.54, 1.807) is 18.3 Å². The van der Waals surface area contributed by atoms with Crippen LogP contribution in [0, 0.1) is 0 Å². The molecule has 0 spiro atoms. The Morgan fingerprint density at radius 2 is 2.22 bits per heavy atom. The number of halogens is 1. The Morgan fingerprint density at radius 3 is 2.89 bits per heavy atom. The van der Waals surface area contributed by atoms with E-state index in [0.29, 0.717) is 27.0 Å². The zero-order valence-corrected chi connectivity index (χ0v) is 10.5. The number of fused-ring (bicyclic) bond motifs is 1. The lowest BCUT2D eigenvalue weighted by Crippen LogP contribution is -2.08. The summed E-state index contributed by atoms with van der Waals surface area (Å²) in [6.45, 7) is 0. The van der Waals surface area contributed by atoms with Crippen molar-refractivity contribution >= 4 is 32.9 Å². The maximum atomic E-state index is 11.4. The van der Waals surface area contributed by atoms with Gasteiger partial charge >= 0.3 is 6.09 Å². The van der Waals surface area contributed by atoms with E-state index in [2.05, 4.69) is 25.9 Å². The fourth-order valence-electron chi connectivity index (χ4n) is 1.81. The van der Waals surface area contributed by atoms with Crippen LogP contribution in [0.4, 0.5) is 4.79 Å². The van der Waals surface area contributed by atoms with Gasteiger partial charge in [-0.05, 0) is 28.1 Å². The van der Waals surface area contributed by atoms with Crippen molar-refractivity contribution in [3.63, 3.8) is 0 Å². The first-order valence-electron chi connectivity index (χ1n) is 4.96. The summed E-state index contributed by atoms with van der Waals surface area (Å²) in [7, 11) is 0. The second-order valence-electron chi connectivity index (χ2n) is 3.58. The molecule has 0 aliphatic rings. The van der Waals surface area contributed by atoms with Crippen molar-refractivity contribution in [2.45, 2.75) is 0 Å². The van der Waals surface area contributed by atoms with Crippen molar-refractivity contribution in [1.82, 2.24) is 14.5 Å². The molecule has 0 saturated heterocycles. The average Bonchev–Trinajstić information content (AvgIpc) is 2.94. The number of oxazole rings is 1. The van der Waals surface area contributed by atoms with Gasteiger partial charge in [-0.1, -0.05) is 0 Å². The highest BCUT2D eigenvalue weighted by molar-refractivity contribution is 9.10. The third-order valence-corrected chi connectivity index (χ3v) is 2.96. The van der Waals surface area contributed by atoms with Gasteiger partial charge in [0, 0.05) is 11.6 Å². The molecule has 0 aliphatic heterocycles. The van der Waals surface area contributed by atoms with E-state index in [1.807, 2.05) is 0 Å². The van der Waals surface area contributed by atoms with Crippen LogP contribution < -0.4 is 0 Å². The first kappa shape index (κ1) is 11.0. The maximum absolute atomic E-state index is 11.4. The summed E-state index contributed by atoms with van der Waals surface area (Å²) in [6.07, 6.45) is 3.23. The summed E-state index contributed by atoms with van der Waals surface area (Å²) in [4.78, 5) is 19.2. The molecule has 0 unspecified atom stereocenters. The van der Waals surface area contributed by atoms with Gasteiger partial charge in [-0.2, -0.15) is 0 Å². The first-order valence-corrected chi connectivity index (χ1v) is 5.75. The Labute approximate surface area is 109 Å². The van der Waals surface area contributed by atoms with E-state index in [0.717, 1.165) is 4.57 Å². The number of carboxylic acid groups (broad SMARTS) is 1. The van der Waals surface area contributed by atoms with Crippen molar-refractivity contribution in [2.24, 2.45) is 0 Å². The molecule has 90 valence electrons. The molecule has 3 rings (SSSR count). The molecule has 0 fully saturated rings. The van der Waals surface area contributed by atoms with E-state index in [-0.39, 0.29) is 0 Å². The van der Waals surface area contributed by atoms with Gasteiger partial charge in [0.15, 0.2) is 12.2 Å². The summed E-state index contributed by atoms with van der Waals surface area (Å²) >= 11 is 3.22. The first-order chi connectivity index (χ1) is 8.66. The van der Waals surface area contributed by atoms with Crippen molar-refractivity contribution in [3.8, 4) is 11.5 Å². The van der Waals surface area contributed by atoms with Gasteiger partial charge in [-0.25, -0.2) is 19.3 Å². The molecule has 3 aromatic heterocycles. The highest BCUT2D eigenvalue weighted by Gasteiger charge is 2.18. The minimum absolute atomic E-state index is 0.393. The van der Waals surface area contributed by atoms with Crippen molar-refractivity contribution in [2.75, 3.05) is 0 Å². The Hall–Kier alpha value is -2.15. The molecule has 1 N–H and O–H groups in total. The Morgan fingerprint density at radius 1 is 1.39 bits per heavy atom. The molecular formula is C11H6BrN3O3. The largest absolute Gasteiger partial charge is 0.464 e. The van der Waals surface area contributed by atoms with Crippen LogP contribution in [0.2, 0.25) is 0 Å². The van der Waals surface area contributed by atoms with Gasteiger partial charge < -0.3 is 9.52 Å². The van der Waals surface area contributed by atoms with Crippen LogP contribution in [0.3, 0.4) is 0 Å². The van der Waals surface area contributed by atoms with E-state index in [4.69, 9.17) is 4.42 Å². The van der Waals surface area contributed by atoms with Gasteiger partial charge in [0.2, 0.25) is 0 Å². The van der Waals surface area contributed by atoms with Crippen LogP contribution in [0.1, 0.15) is 0 Å². The van der Waals surface area contributed by atoms with Gasteiger partial charge in [-0.15, -0.1) is 0 Å². The smallest absolute Gasteiger partial charge is 0.416 e. The fourth-order valence-corrected chi connectivity index (χ4v) is 2.13. The zero-order valence-electron chi connectivity index (χ0n) is 8.87. The molecule has 0 aromatic carbocycles. The van der Waals surface area contributed by atoms with Crippen LogP contribution in [0.5, 0.6) is 0 Å². The van der Waals surface area contributed by atoms with Gasteiger partial charge in [-0.3, -0.25) is 0 Å². The van der Waals surface area contributed by atoms with Crippen LogP contribution in [-0.4, -0.2) is 25.7 Å². The number of rotatable bonds is 1. The minimum Gasteiger partial charge on any atom is -0.464 e. The van der Waals surface area contributed by atoms with Crippen LogP contribution in [0.15, 0.2) is 39.9 Å². The second-order valence-corrected chi connectivity index (χ2v) is 4.39. The maximum Gasteiger partial charge on any atom is 0.416 e. The molecular weight excluding hydrogens is 302 g/mol. The number of hydrogen-bond donors (Lipinski definition) is 1. The molecule has 18 heavy (non-hydrogen) atoms. The highest BCUT2D eigenvalue weighted by atomic mass is 79.9. The monoisotopic (exact) mass is 307 g/mol. The summed E-state index contributed by atoms with van der Waals surface area (Å²) in [5.41, 5.74) is 0.964. The van der Waals surface area contributed by atoms with Crippen LogP contribution in [-0.2, 0) is 0 Å². The number of hydrogen-bond acceptors (Lipinski definition) is 4. The standard InChI is InChI=1S/C11H6BrN3O3/c12-10-2-7-6(3-14-10)1-8(15(7)11(16)17)9-4-13-5-18-9/h1-5H,(H,16,17). The zero-order chi connectivity index (χ0) is 12.7. The topological polar surface area (TPSA) is 81.1 Å². The third-order valence-electron chi connectivity index (χ3n) is 2.53. The average molecular weight is 308 g/mol. The predicted octanol–water partition coefficient (Wildman–Crippen LogP) is 2.98. The quantitative estimate of drug-likeness (QED) is 0.699. The molecule has 0 aliphatic carbocycles. The van der Waals surface area contributed by atoms with Crippen molar-refractivity contribution in [3.05, 3.63) is 35.5 Å². The molecule has 0 atom stereocenters. The molecule has 0 saturated carbocycles. The molecule has 0 bridgehead atoms. The molecule has 0 radical (unpaired) electrons. The van der Waals surface area contributed by atoms with E-state index in [1.165, 1.54) is 12.6 Å². The van der Waals surface area contributed by atoms with E-state index < -0.39 is 6.09 Å². The van der Waals surface area contributed by atoms with Gasteiger partial charge in [0.25, 0.3) is 0 Å². The van der Waals surface area contributed by atoms with Crippen LogP contribution in [0.25, 0.3) is 22.4 Å². The fraction of sp³-hybridized carbons (Fsp3) is 0. The second kappa shape index (κ2) is 3.95. The molecule has 7 heteroatoms. The van der Waals surface area contributed by atoms with Crippen LogP contribution >= 0.6 is 15.9 Å². The predicted molar refractivity (Wildman–Crippen MR) is 66.4 cm³/mol. The minimum atomic E-state index is -1.09. The molecule has 6 nitrogen and oxygen atoms in total. The molecule has 3 aromatic rings. The molecule has 3 heterocycles. The summed E-state index contributed by atoms with van der Waals surface area (Å²) in [5.74, 6) is 0.393. The van der Waals surface area contributed by atoms with E-state index in [9.17, 15) is 9.90 Å². The number of carbonyl (C=O) groups is 1. The van der Waals surface area contributed by atoms with Crippen molar-refractivity contribution < 1.29 is 14.3 Å². The summed E-state index contributed by atoms with van der Waals surface area (Å²) in [5, 5.41) is 10.0. The lowest BCUT2D eigenvalue weighted by atomic mass is 10.3. The number of nitrogens with zero attached hydrogens (tertiary/aromatic N) is 3. The third kappa shape index (κ3) is 1.60. The lowest BCUT2D eigenvalue weighted by molar-refractivity contribution is 0.197. The molecule has 0 amide bonds. The highest BCUT2D eigenvalue weighted by Crippen LogP contribution is 2.28. The Bertz CT molecular complexity index is 733. The Balaban J connectivity index is 2.38. The Kier molecular flexibility index (Phi) is 2.41. The summed E-state index contributed by atoms with van der Waals surface area (Å²) < 4.78 is 6.85. The van der Waals surface area contributed by atoms with Crippen molar-refractivity contribution in [1.29, 1.82) is 0 Å². The van der Waals surface area contributed by atoms with E-state index >= 15 is 0 Å². The number of aromatic nitrogens is 3. The van der Waals surface area contributed by atoms with Gasteiger partial charge in [0.05, 0.1) is 17.4 Å². The van der Waals surface area contributed by atoms with Gasteiger partial charge in [0.1, 0.15) is 4.60 Å².